The first kappa shape index (κ1) is 15.4. The molecule has 0 saturated heterocycles. The van der Waals surface area contributed by atoms with Gasteiger partial charge < -0.3 is 5.11 Å². The topological polar surface area (TPSA) is 68.0 Å². The highest BCUT2D eigenvalue weighted by Crippen LogP contribution is 2.33. The van der Waals surface area contributed by atoms with E-state index < -0.39 is 5.97 Å². The van der Waals surface area contributed by atoms with Crippen molar-refractivity contribution in [3.63, 3.8) is 0 Å². The first-order chi connectivity index (χ1) is 11.1. The number of carboxylic acids is 1. The Morgan fingerprint density at radius 2 is 2.13 bits per heavy atom. The molecular formula is C16H10ClN3O2S. The number of nitrogens with zero attached hydrogens (tertiary/aromatic N) is 3. The molecule has 0 bridgehead atoms. The van der Waals surface area contributed by atoms with Crippen molar-refractivity contribution < 1.29 is 9.90 Å². The third-order valence-corrected chi connectivity index (χ3v) is 4.39. The molecule has 1 N–H and O–H groups in total. The second-order valence-electron chi connectivity index (χ2n) is 4.60. The summed E-state index contributed by atoms with van der Waals surface area (Å²) >= 11 is 7.44. The van der Waals surface area contributed by atoms with Crippen LogP contribution in [0, 0.1) is 12.5 Å². The zero-order chi connectivity index (χ0) is 16.4. The Bertz CT molecular complexity index is 932. The molecule has 7 heteroatoms. The highest BCUT2D eigenvalue weighted by molar-refractivity contribution is 7.99. The van der Waals surface area contributed by atoms with Crippen molar-refractivity contribution in [3.05, 3.63) is 41.7 Å². The van der Waals surface area contributed by atoms with E-state index in [2.05, 4.69) is 16.0 Å². The van der Waals surface area contributed by atoms with Gasteiger partial charge in [-0.3, -0.25) is 9.78 Å². The third-order valence-electron chi connectivity index (χ3n) is 3.16. The Morgan fingerprint density at radius 1 is 1.39 bits per heavy atom. The lowest BCUT2D eigenvalue weighted by Crippen LogP contribution is -2.00. The number of carboxylic acid groups (broad SMARTS) is 1. The Labute approximate surface area is 141 Å². The SMILES string of the molecule is C#Cn1c(SCC(=O)O)nc2cc(-c3ccncc3)c(Cl)cc21. The minimum absolute atomic E-state index is 0.115. The zero-order valence-corrected chi connectivity index (χ0v) is 13.3. The van der Waals surface area contributed by atoms with Gasteiger partial charge in [-0.25, -0.2) is 9.55 Å². The van der Waals surface area contributed by atoms with E-state index in [1.54, 1.807) is 18.5 Å². The van der Waals surface area contributed by atoms with E-state index in [9.17, 15) is 4.79 Å². The van der Waals surface area contributed by atoms with Crippen molar-refractivity contribution in [2.75, 3.05) is 5.75 Å². The van der Waals surface area contributed by atoms with Crippen molar-refractivity contribution >= 4 is 40.4 Å². The predicted molar refractivity (Wildman–Crippen MR) is 90.6 cm³/mol. The average molecular weight is 344 g/mol. The molecule has 3 rings (SSSR count). The van der Waals surface area contributed by atoms with E-state index in [1.165, 1.54) is 4.57 Å². The normalized spacial score (nSPS) is 10.6. The van der Waals surface area contributed by atoms with E-state index in [4.69, 9.17) is 23.1 Å². The molecule has 0 aliphatic rings. The van der Waals surface area contributed by atoms with Crippen LogP contribution < -0.4 is 0 Å². The van der Waals surface area contributed by atoms with Gasteiger partial charge in [0.25, 0.3) is 0 Å². The maximum atomic E-state index is 10.7. The summed E-state index contributed by atoms with van der Waals surface area (Å²) in [5.74, 6) is -1.04. The predicted octanol–water partition coefficient (Wildman–Crippen LogP) is 3.37. The number of halogens is 1. The molecule has 0 saturated carbocycles. The Balaban J connectivity index is 2.14. The first-order valence-electron chi connectivity index (χ1n) is 6.53. The van der Waals surface area contributed by atoms with Gasteiger partial charge in [0.15, 0.2) is 5.16 Å². The first-order valence-corrected chi connectivity index (χ1v) is 7.90. The standard InChI is InChI=1S/C16H10ClN3O2S/c1-2-20-14-8-12(17)11(10-3-5-18-6-4-10)7-13(14)19-16(20)23-9-15(21)22/h1,3-8H,9H2,(H,21,22). The molecule has 0 aliphatic heterocycles. The molecular weight excluding hydrogens is 334 g/mol. The molecule has 0 radical (unpaired) electrons. The van der Waals surface area contributed by atoms with Crippen LogP contribution in [0.25, 0.3) is 22.2 Å². The lowest BCUT2D eigenvalue weighted by molar-refractivity contribution is -0.133. The van der Waals surface area contributed by atoms with Gasteiger partial charge in [0.2, 0.25) is 0 Å². The van der Waals surface area contributed by atoms with E-state index >= 15 is 0 Å². The summed E-state index contributed by atoms with van der Waals surface area (Å²) < 4.78 is 1.51. The number of benzene rings is 1. The summed E-state index contributed by atoms with van der Waals surface area (Å²) in [6, 6.07) is 9.78. The number of rotatable bonds is 4. The molecule has 2 heterocycles. The molecule has 2 aromatic heterocycles. The van der Waals surface area contributed by atoms with Crippen LogP contribution in [0.5, 0.6) is 0 Å². The number of fused-ring (bicyclic) bond motifs is 1. The van der Waals surface area contributed by atoms with Gasteiger partial charge in [-0.15, -0.1) is 0 Å². The van der Waals surface area contributed by atoms with Crippen molar-refractivity contribution in [1.29, 1.82) is 0 Å². The van der Waals surface area contributed by atoms with E-state index in [0.717, 1.165) is 22.9 Å². The summed E-state index contributed by atoms with van der Waals surface area (Å²) in [5, 5.41) is 9.80. The average Bonchev–Trinajstić information content (AvgIpc) is 2.89. The number of aromatic nitrogens is 3. The van der Waals surface area contributed by atoms with Gasteiger partial charge in [-0.1, -0.05) is 29.8 Å². The highest BCUT2D eigenvalue weighted by Gasteiger charge is 2.15. The van der Waals surface area contributed by atoms with Gasteiger partial charge in [0.05, 0.1) is 21.8 Å². The van der Waals surface area contributed by atoms with Crippen molar-refractivity contribution in [1.82, 2.24) is 14.5 Å². The molecule has 23 heavy (non-hydrogen) atoms. The van der Waals surface area contributed by atoms with E-state index in [0.29, 0.717) is 21.2 Å². The summed E-state index contributed by atoms with van der Waals surface area (Å²) in [6.45, 7) is 0. The molecule has 0 spiro atoms. The molecule has 114 valence electrons. The molecule has 3 aromatic rings. The molecule has 0 aliphatic carbocycles. The van der Waals surface area contributed by atoms with Gasteiger partial charge in [-0.2, -0.15) is 0 Å². The largest absolute Gasteiger partial charge is 0.481 e. The molecule has 1 aromatic carbocycles. The minimum Gasteiger partial charge on any atom is -0.481 e. The summed E-state index contributed by atoms with van der Waals surface area (Å²) in [6.07, 6.45) is 8.90. The van der Waals surface area contributed by atoms with Crippen LogP contribution >= 0.6 is 23.4 Å². The number of terminal acetylenes is 1. The van der Waals surface area contributed by atoms with Crippen LogP contribution in [0.1, 0.15) is 0 Å². The second kappa shape index (κ2) is 6.32. The Kier molecular flexibility index (Phi) is 4.24. The van der Waals surface area contributed by atoms with Gasteiger partial charge in [0.1, 0.15) is 0 Å². The fraction of sp³-hybridized carbons (Fsp3) is 0.0625. The smallest absolute Gasteiger partial charge is 0.313 e. The summed E-state index contributed by atoms with van der Waals surface area (Å²) in [5.41, 5.74) is 3.06. The van der Waals surface area contributed by atoms with Crippen LogP contribution in [0.3, 0.4) is 0 Å². The Morgan fingerprint density at radius 3 is 2.78 bits per heavy atom. The number of carbonyl (C=O) groups is 1. The van der Waals surface area contributed by atoms with Crippen LogP contribution in [0.4, 0.5) is 0 Å². The lowest BCUT2D eigenvalue weighted by atomic mass is 10.1. The number of imidazole rings is 1. The number of aliphatic carboxylic acids is 1. The summed E-state index contributed by atoms with van der Waals surface area (Å²) in [7, 11) is 0. The van der Waals surface area contributed by atoms with Crippen molar-refractivity contribution in [3.8, 4) is 23.6 Å². The molecule has 0 atom stereocenters. The number of thioether (sulfide) groups is 1. The van der Waals surface area contributed by atoms with Crippen molar-refractivity contribution in [2.45, 2.75) is 5.16 Å². The minimum atomic E-state index is -0.930. The molecule has 5 nitrogen and oxygen atoms in total. The summed E-state index contributed by atoms with van der Waals surface area (Å²) in [4.78, 5) is 19.2. The lowest BCUT2D eigenvalue weighted by Gasteiger charge is -2.04. The maximum absolute atomic E-state index is 10.7. The second-order valence-corrected chi connectivity index (χ2v) is 5.95. The van der Waals surface area contributed by atoms with Crippen LogP contribution in [0.15, 0.2) is 41.8 Å². The zero-order valence-electron chi connectivity index (χ0n) is 11.7. The van der Waals surface area contributed by atoms with Crippen LogP contribution in [0.2, 0.25) is 5.02 Å². The fourth-order valence-corrected chi connectivity index (χ4v) is 3.14. The maximum Gasteiger partial charge on any atom is 0.313 e. The highest BCUT2D eigenvalue weighted by atomic mass is 35.5. The Hall–Kier alpha value is -2.49. The van der Waals surface area contributed by atoms with Crippen molar-refractivity contribution in [2.24, 2.45) is 0 Å². The molecule has 0 amide bonds. The fourth-order valence-electron chi connectivity index (χ4n) is 2.18. The van der Waals surface area contributed by atoms with Crippen LogP contribution in [-0.2, 0) is 4.79 Å². The number of hydrogen-bond donors (Lipinski definition) is 1. The molecule has 0 fully saturated rings. The monoisotopic (exact) mass is 343 g/mol. The number of pyridine rings is 1. The number of hydrogen-bond acceptors (Lipinski definition) is 4. The molecule has 0 unspecified atom stereocenters. The van der Waals surface area contributed by atoms with Crippen LogP contribution in [-0.4, -0.2) is 31.4 Å². The van der Waals surface area contributed by atoms with E-state index in [-0.39, 0.29) is 5.75 Å². The van der Waals surface area contributed by atoms with Gasteiger partial charge in [-0.05, 0) is 29.8 Å². The quantitative estimate of drug-likeness (QED) is 0.581. The third kappa shape index (κ3) is 3.02. The van der Waals surface area contributed by atoms with E-state index in [1.807, 2.05) is 18.2 Å². The van der Waals surface area contributed by atoms with Gasteiger partial charge in [0, 0.05) is 24.0 Å². The van der Waals surface area contributed by atoms with Gasteiger partial charge >= 0.3 is 5.97 Å².